The standard InChI is InChI=1S/C19H19ClINO4S/c1-2-26-19(23)18-16-9-6-14(11-12(16)3-10-17(18)21)22-27(24,25)15-7-4-13(20)5-8-15/h3-5,7-8,10,14,22H,2,6,9,11H2,1H3. The zero-order chi connectivity index (χ0) is 19.6. The Kier molecular flexibility index (Phi) is 6.45. The minimum absolute atomic E-state index is 0.188. The zero-order valence-corrected chi connectivity index (χ0v) is 18.4. The van der Waals surface area contributed by atoms with Crippen molar-refractivity contribution in [2.45, 2.75) is 37.1 Å². The number of nitrogens with one attached hydrogen (secondary N) is 1. The van der Waals surface area contributed by atoms with E-state index in [0.29, 0.717) is 36.5 Å². The lowest BCUT2D eigenvalue weighted by Crippen LogP contribution is -2.39. The molecule has 1 atom stereocenters. The van der Waals surface area contributed by atoms with Crippen molar-refractivity contribution in [1.82, 2.24) is 4.72 Å². The van der Waals surface area contributed by atoms with Crippen LogP contribution in [0.1, 0.15) is 34.8 Å². The van der Waals surface area contributed by atoms with Gasteiger partial charge in [0.1, 0.15) is 0 Å². The predicted molar refractivity (Wildman–Crippen MR) is 113 cm³/mol. The van der Waals surface area contributed by atoms with Gasteiger partial charge >= 0.3 is 5.97 Å². The molecule has 0 bridgehead atoms. The number of ether oxygens (including phenoxy) is 1. The fraction of sp³-hybridized carbons (Fsp3) is 0.316. The Bertz CT molecular complexity index is 960. The second kappa shape index (κ2) is 8.46. The lowest BCUT2D eigenvalue weighted by molar-refractivity contribution is 0.0523. The van der Waals surface area contributed by atoms with Crippen LogP contribution in [0.15, 0.2) is 41.3 Å². The molecule has 0 radical (unpaired) electrons. The third kappa shape index (κ3) is 4.64. The van der Waals surface area contributed by atoms with Crippen molar-refractivity contribution < 1.29 is 17.9 Å². The summed E-state index contributed by atoms with van der Waals surface area (Å²) in [6, 6.07) is 9.70. The molecule has 0 fully saturated rings. The Morgan fingerprint density at radius 1 is 1.26 bits per heavy atom. The van der Waals surface area contributed by atoms with Crippen LogP contribution in [0.25, 0.3) is 0 Å². The van der Waals surface area contributed by atoms with Crippen LogP contribution < -0.4 is 4.72 Å². The van der Waals surface area contributed by atoms with Crippen LogP contribution in [0.4, 0.5) is 0 Å². The van der Waals surface area contributed by atoms with E-state index in [1.807, 2.05) is 12.1 Å². The summed E-state index contributed by atoms with van der Waals surface area (Å²) in [6.07, 6.45) is 1.77. The molecular weight excluding hydrogens is 501 g/mol. The van der Waals surface area contributed by atoms with E-state index in [4.69, 9.17) is 16.3 Å². The highest BCUT2D eigenvalue weighted by Crippen LogP contribution is 2.29. The number of esters is 1. The van der Waals surface area contributed by atoms with Crippen LogP contribution in [0.3, 0.4) is 0 Å². The zero-order valence-electron chi connectivity index (χ0n) is 14.7. The smallest absolute Gasteiger partial charge is 0.339 e. The summed E-state index contributed by atoms with van der Waals surface area (Å²) in [7, 11) is -3.62. The Morgan fingerprint density at radius 2 is 1.96 bits per heavy atom. The van der Waals surface area contributed by atoms with Crippen LogP contribution in [-0.4, -0.2) is 27.0 Å². The van der Waals surface area contributed by atoms with Crippen molar-refractivity contribution in [3.05, 3.63) is 61.7 Å². The van der Waals surface area contributed by atoms with Gasteiger partial charge in [-0.05, 0) is 90.2 Å². The number of carbonyl (C=O) groups excluding carboxylic acids is 1. The second-order valence-corrected chi connectivity index (χ2v) is 9.61. The number of carbonyl (C=O) groups is 1. The minimum Gasteiger partial charge on any atom is -0.462 e. The molecule has 3 rings (SSSR count). The Morgan fingerprint density at radius 3 is 2.63 bits per heavy atom. The van der Waals surface area contributed by atoms with Crippen molar-refractivity contribution in [1.29, 1.82) is 0 Å². The van der Waals surface area contributed by atoms with Crippen molar-refractivity contribution >= 4 is 50.2 Å². The molecule has 144 valence electrons. The van der Waals surface area contributed by atoms with Crippen molar-refractivity contribution in [3.63, 3.8) is 0 Å². The first kappa shape index (κ1) is 20.6. The van der Waals surface area contributed by atoms with Gasteiger partial charge in [0, 0.05) is 14.6 Å². The SMILES string of the molecule is CCOC(=O)c1c(I)ccc2c1CCC(NS(=O)(=O)c1ccc(Cl)cc1)C2. The molecule has 5 nitrogen and oxygen atoms in total. The summed E-state index contributed by atoms with van der Waals surface area (Å²) in [5.74, 6) is -0.320. The van der Waals surface area contributed by atoms with Gasteiger partial charge in [-0.1, -0.05) is 17.7 Å². The summed E-state index contributed by atoms with van der Waals surface area (Å²) < 4.78 is 34.0. The van der Waals surface area contributed by atoms with E-state index < -0.39 is 10.0 Å². The Balaban J connectivity index is 1.82. The third-order valence-electron chi connectivity index (χ3n) is 4.49. The van der Waals surface area contributed by atoms with Crippen LogP contribution in [0.5, 0.6) is 0 Å². The first-order valence-electron chi connectivity index (χ1n) is 8.57. The number of fused-ring (bicyclic) bond motifs is 1. The minimum atomic E-state index is -3.62. The van der Waals surface area contributed by atoms with Gasteiger partial charge in [-0.15, -0.1) is 0 Å². The molecule has 2 aromatic rings. The summed E-state index contributed by atoms with van der Waals surface area (Å²) >= 11 is 7.97. The number of halogens is 2. The Hall–Kier alpha value is -1.16. The van der Waals surface area contributed by atoms with Gasteiger partial charge in [-0.3, -0.25) is 0 Å². The normalized spacial score (nSPS) is 16.6. The van der Waals surface area contributed by atoms with Crippen LogP contribution >= 0.6 is 34.2 Å². The quantitative estimate of drug-likeness (QED) is 0.480. The van der Waals surface area contributed by atoms with Crippen molar-refractivity contribution in [3.8, 4) is 0 Å². The van der Waals surface area contributed by atoms with Crippen LogP contribution in [-0.2, 0) is 27.6 Å². The number of sulfonamides is 1. The molecule has 0 spiro atoms. The maximum absolute atomic E-state index is 12.6. The van der Waals surface area contributed by atoms with Gasteiger partial charge in [0.25, 0.3) is 0 Å². The van der Waals surface area contributed by atoms with E-state index in [-0.39, 0.29) is 16.9 Å². The molecule has 0 aliphatic heterocycles. The van der Waals surface area contributed by atoms with E-state index in [1.165, 1.54) is 12.1 Å². The predicted octanol–water partition coefficient (Wildman–Crippen LogP) is 3.96. The summed E-state index contributed by atoms with van der Waals surface area (Å²) in [6.45, 7) is 2.10. The highest BCUT2D eigenvalue weighted by molar-refractivity contribution is 14.1. The molecule has 0 saturated carbocycles. The number of rotatable bonds is 5. The molecule has 1 N–H and O–H groups in total. The maximum Gasteiger partial charge on any atom is 0.339 e. The van der Waals surface area contributed by atoms with Gasteiger partial charge in [-0.2, -0.15) is 0 Å². The molecule has 2 aromatic carbocycles. The average Bonchev–Trinajstić information content (AvgIpc) is 2.62. The van der Waals surface area contributed by atoms with E-state index in [2.05, 4.69) is 27.3 Å². The van der Waals surface area contributed by atoms with Gasteiger partial charge in [0.2, 0.25) is 10.0 Å². The lowest BCUT2D eigenvalue weighted by atomic mass is 9.86. The molecule has 0 saturated heterocycles. The molecule has 0 heterocycles. The number of hydrogen-bond donors (Lipinski definition) is 1. The van der Waals surface area contributed by atoms with Gasteiger partial charge in [0.15, 0.2) is 0 Å². The summed E-state index contributed by atoms with van der Waals surface area (Å²) in [5, 5.41) is 0.488. The van der Waals surface area contributed by atoms with Gasteiger partial charge in [0.05, 0.1) is 17.1 Å². The summed E-state index contributed by atoms with van der Waals surface area (Å²) in [5.41, 5.74) is 2.55. The maximum atomic E-state index is 12.6. The topological polar surface area (TPSA) is 72.5 Å². The van der Waals surface area contributed by atoms with Crippen molar-refractivity contribution in [2.24, 2.45) is 0 Å². The highest BCUT2D eigenvalue weighted by Gasteiger charge is 2.28. The van der Waals surface area contributed by atoms with E-state index in [9.17, 15) is 13.2 Å². The average molecular weight is 520 g/mol. The van der Waals surface area contributed by atoms with E-state index in [1.54, 1.807) is 19.1 Å². The fourth-order valence-electron chi connectivity index (χ4n) is 3.25. The number of hydrogen-bond acceptors (Lipinski definition) is 4. The Labute approximate surface area is 177 Å². The molecule has 1 aliphatic rings. The van der Waals surface area contributed by atoms with Gasteiger partial charge in [-0.25, -0.2) is 17.9 Å². The molecule has 0 amide bonds. The van der Waals surface area contributed by atoms with E-state index in [0.717, 1.165) is 14.7 Å². The van der Waals surface area contributed by atoms with Crippen LogP contribution in [0.2, 0.25) is 5.02 Å². The fourth-order valence-corrected chi connectivity index (χ4v) is 5.37. The van der Waals surface area contributed by atoms with E-state index >= 15 is 0 Å². The second-order valence-electron chi connectivity index (χ2n) is 6.30. The first-order chi connectivity index (χ1) is 12.8. The highest BCUT2D eigenvalue weighted by atomic mass is 127. The molecular formula is C19H19ClINO4S. The van der Waals surface area contributed by atoms with Crippen molar-refractivity contribution in [2.75, 3.05) is 6.61 Å². The molecule has 0 aromatic heterocycles. The first-order valence-corrected chi connectivity index (χ1v) is 11.5. The number of benzene rings is 2. The molecule has 27 heavy (non-hydrogen) atoms. The third-order valence-corrected chi connectivity index (χ3v) is 7.18. The summed E-state index contributed by atoms with van der Waals surface area (Å²) in [4.78, 5) is 12.5. The largest absolute Gasteiger partial charge is 0.462 e. The molecule has 1 aliphatic carbocycles. The lowest BCUT2D eigenvalue weighted by Gasteiger charge is -2.27. The molecule has 8 heteroatoms. The molecule has 1 unspecified atom stereocenters. The van der Waals surface area contributed by atoms with Crippen LogP contribution in [0, 0.1) is 3.57 Å². The van der Waals surface area contributed by atoms with Gasteiger partial charge < -0.3 is 4.74 Å². The monoisotopic (exact) mass is 519 g/mol.